The van der Waals surface area contributed by atoms with Crippen LogP contribution < -0.4 is 0 Å². The van der Waals surface area contributed by atoms with Crippen LogP contribution in [0.25, 0.3) is 0 Å². The SMILES string of the molecule is C[C@H](Sc1nncs1)C(=O)N(C)C1(C#N)CCCCC1. The van der Waals surface area contributed by atoms with Crippen molar-refractivity contribution >= 4 is 29.0 Å². The van der Waals surface area contributed by atoms with E-state index in [0.29, 0.717) is 0 Å². The number of rotatable bonds is 4. The van der Waals surface area contributed by atoms with E-state index in [4.69, 9.17) is 0 Å². The molecule has 5 nitrogen and oxygen atoms in total. The van der Waals surface area contributed by atoms with E-state index in [-0.39, 0.29) is 11.2 Å². The van der Waals surface area contributed by atoms with Crippen molar-refractivity contribution in [3.8, 4) is 6.07 Å². The first-order valence-electron chi connectivity index (χ1n) is 6.71. The number of aromatic nitrogens is 2. The molecule has 20 heavy (non-hydrogen) atoms. The zero-order valence-corrected chi connectivity index (χ0v) is 13.3. The van der Waals surface area contributed by atoms with Crippen molar-refractivity contribution < 1.29 is 4.79 Å². The summed E-state index contributed by atoms with van der Waals surface area (Å²) in [6.07, 6.45) is 4.75. The first-order valence-corrected chi connectivity index (χ1v) is 8.47. The Kier molecular flexibility index (Phi) is 5.00. The van der Waals surface area contributed by atoms with Crippen molar-refractivity contribution in [2.45, 2.75) is 54.2 Å². The Labute approximate surface area is 127 Å². The van der Waals surface area contributed by atoms with Crippen LogP contribution >= 0.6 is 23.1 Å². The molecule has 1 aromatic rings. The zero-order chi connectivity index (χ0) is 14.6. The van der Waals surface area contributed by atoms with Gasteiger partial charge in [0.15, 0.2) is 4.34 Å². The molecule has 1 heterocycles. The lowest BCUT2D eigenvalue weighted by Crippen LogP contribution is -2.52. The Hall–Kier alpha value is -1.13. The van der Waals surface area contributed by atoms with E-state index in [9.17, 15) is 10.1 Å². The maximum atomic E-state index is 12.5. The monoisotopic (exact) mass is 310 g/mol. The summed E-state index contributed by atoms with van der Waals surface area (Å²) in [5.74, 6) is -0.00588. The first kappa shape index (κ1) is 15.3. The molecular formula is C13H18N4OS2. The Bertz CT molecular complexity index is 491. The Balaban J connectivity index is 2.05. The largest absolute Gasteiger partial charge is 0.326 e. The van der Waals surface area contributed by atoms with Gasteiger partial charge in [-0.05, 0) is 19.8 Å². The van der Waals surface area contributed by atoms with Gasteiger partial charge < -0.3 is 4.90 Å². The first-order chi connectivity index (χ1) is 9.59. The third-order valence-corrected chi connectivity index (χ3v) is 5.73. The number of thioether (sulfide) groups is 1. The van der Waals surface area contributed by atoms with Gasteiger partial charge in [0.2, 0.25) is 5.91 Å². The number of amides is 1. The second-order valence-electron chi connectivity index (χ2n) is 5.07. The number of carbonyl (C=O) groups excluding carboxylic acids is 1. The normalized spacial score (nSPS) is 19.1. The number of nitrogens with zero attached hydrogens (tertiary/aromatic N) is 4. The van der Waals surface area contributed by atoms with Gasteiger partial charge in [0.05, 0.1) is 11.3 Å². The van der Waals surface area contributed by atoms with Crippen molar-refractivity contribution in [3.05, 3.63) is 5.51 Å². The average molecular weight is 310 g/mol. The predicted octanol–water partition coefficient (Wildman–Crippen LogP) is 2.70. The summed E-state index contributed by atoms with van der Waals surface area (Å²) in [5.41, 5.74) is 1.03. The predicted molar refractivity (Wildman–Crippen MR) is 79.4 cm³/mol. The molecule has 0 spiro atoms. The van der Waals surface area contributed by atoms with E-state index >= 15 is 0 Å². The lowest BCUT2D eigenvalue weighted by atomic mass is 9.81. The molecule has 1 atom stereocenters. The Morgan fingerprint density at radius 3 is 2.80 bits per heavy atom. The van der Waals surface area contributed by atoms with Crippen molar-refractivity contribution in [2.24, 2.45) is 0 Å². The standard InChI is InChI=1S/C13H18N4OS2/c1-10(20-12-16-15-9-19-12)11(18)17(2)13(8-14)6-4-3-5-7-13/h9-10H,3-7H2,1-2H3/t10-/m0/s1. The second kappa shape index (κ2) is 6.55. The van der Waals surface area contributed by atoms with Crippen LogP contribution in [0.5, 0.6) is 0 Å². The highest BCUT2D eigenvalue weighted by Gasteiger charge is 2.40. The average Bonchev–Trinajstić information content (AvgIpc) is 2.99. The summed E-state index contributed by atoms with van der Waals surface area (Å²) in [5, 5.41) is 17.0. The highest BCUT2D eigenvalue weighted by Crippen LogP contribution is 2.34. The van der Waals surface area contributed by atoms with Gasteiger partial charge in [-0.15, -0.1) is 10.2 Å². The van der Waals surface area contributed by atoms with Crippen LogP contribution in [0.1, 0.15) is 39.0 Å². The van der Waals surface area contributed by atoms with Gasteiger partial charge in [0, 0.05) is 7.05 Å². The fourth-order valence-electron chi connectivity index (χ4n) is 2.56. The van der Waals surface area contributed by atoms with Gasteiger partial charge in [-0.2, -0.15) is 5.26 Å². The quantitative estimate of drug-likeness (QED) is 0.800. The highest BCUT2D eigenvalue weighted by molar-refractivity contribution is 8.02. The fraction of sp³-hybridized carbons (Fsp3) is 0.692. The maximum absolute atomic E-state index is 12.5. The van der Waals surface area contributed by atoms with Crippen LogP contribution in [-0.4, -0.2) is 38.8 Å². The number of hydrogen-bond donors (Lipinski definition) is 0. The van der Waals surface area contributed by atoms with E-state index in [1.807, 2.05) is 6.92 Å². The zero-order valence-electron chi connectivity index (χ0n) is 11.7. The lowest BCUT2D eigenvalue weighted by Gasteiger charge is -2.39. The van der Waals surface area contributed by atoms with E-state index in [2.05, 4.69) is 16.3 Å². The van der Waals surface area contributed by atoms with Gasteiger partial charge in [0.1, 0.15) is 11.0 Å². The van der Waals surface area contributed by atoms with Crippen molar-refractivity contribution in [1.29, 1.82) is 5.26 Å². The van der Waals surface area contributed by atoms with E-state index in [1.54, 1.807) is 17.5 Å². The summed E-state index contributed by atoms with van der Waals surface area (Å²) in [6.45, 7) is 1.86. The van der Waals surface area contributed by atoms with E-state index in [0.717, 1.165) is 36.4 Å². The summed E-state index contributed by atoms with van der Waals surface area (Å²) in [7, 11) is 1.76. The molecule has 0 N–H and O–H groups in total. The van der Waals surface area contributed by atoms with Gasteiger partial charge in [-0.1, -0.05) is 42.4 Å². The molecule has 0 aliphatic heterocycles. The minimum atomic E-state index is -0.620. The Morgan fingerprint density at radius 1 is 1.55 bits per heavy atom. The molecule has 0 radical (unpaired) electrons. The summed E-state index contributed by atoms with van der Waals surface area (Å²) < 4.78 is 0.786. The van der Waals surface area contributed by atoms with E-state index in [1.165, 1.54) is 23.1 Å². The molecule has 1 fully saturated rings. The molecule has 1 aliphatic carbocycles. The van der Waals surface area contributed by atoms with E-state index < -0.39 is 5.54 Å². The molecular weight excluding hydrogens is 292 g/mol. The third-order valence-electron chi connectivity index (χ3n) is 3.83. The van der Waals surface area contributed by atoms with Gasteiger partial charge in [-0.25, -0.2) is 0 Å². The highest BCUT2D eigenvalue weighted by atomic mass is 32.2. The molecule has 7 heteroatoms. The molecule has 0 bridgehead atoms. The number of nitriles is 1. The summed E-state index contributed by atoms with van der Waals surface area (Å²) in [4.78, 5) is 14.2. The number of hydrogen-bond acceptors (Lipinski definition) is 6. The van der Waals surface area contributed by atoms with Crippen LogP contribution in [0.2, 0.25) is 0 Å². The lowest BCUT2D eigenvalue weighted by molar-refractivity contribution is -0.133. The molecule has 1 amide bonds. The minimum Gasteiger partial charge on any atom is -0.326 e. The molecule has 0 unspecified atom stereocenters. The fourth-order valence-corrected chi connectivity index (χ4v) is 4.28. The molecule has 1 aromatic heterocycles. The molecule has 1 saturated carbocycles. The van der Waals surface area contributed by atoms with Crippen LogP contribution in [0.3, 0.4) is 0 Å². The molecule has 1 aliphatic rings. The second-order valence-corrected chi connectivity index (χ2v) is 7.49. The van der Waals surface area contributed by atoms with Crippen LogP contribution in [0.15, 0.2) is 9.85 Å². The van der Waals surface area contributed by atoms with Crippen molar-refractivity contribution in [3.63, 3.8) is 0 Å². The van der Waals surface area contributed by atoms with Gasteiger partial charge >= 0.3 is 0 Å². The van der Waals surface area contributed by atoms with Gasteiger partial charge in [0.25, 0.3) is 0 Å². The number of carbonyl (C=O) groups is 1. The summed E-state index contributed by atoms with van der Waals surface area (Å²) in [6, 6.07) is 2.38. The van der Waals surface area contributed by atoms with Crippen LogP contribution in [0.4, 0.5) is 0 Å². The van der Waals surface area contributed by atoms with Crippen LogP contribution in [0, 0.1) is 11.3 Å². The van der Waals surface area contributed by atoms with Crippen molar-refractivity contribution in [2.75, 3.05) is 7.05 Å². The smallest absolute Gasteiger partial charge is 0.236 e. The topological polar surface area (TPSA) is 69.9 Å². The molecule has 108 valence electrons. The minimum absolute atomic E-state index is 0.00588. The third kappa shape index (κ3) is 3.13. The molecule has 0 aromatic carbocycles. The maximum Gasteiger partial charge on any atom is 0.236 e. The molecule has 0 saturated heterocycles. The van der Waals surface area contributed by atoms with Crippen molar-refractivity contribution in [1.82, 2.24) is 15.1 Å². The summed E-state index contributed by atoms with van der Waals surface area (Å²) >= 11 is 2.83. The van der Waals surface area contributed by atoms with Gasteiger partial charge in [-0.3, -0.25) is 4.79 Å². The van der Waals surface area contributed by atoms with Crippen LogP contribution in [-0.2, 0) is 4.79 Å². The Morgan fingerprint density at radius 2 is 2.25 bits per heavy atom. The molecule has 2 rings (SSSR count).